The van der Waals surface area contributed by atoms with Crippen molar-refractivity contribution in [1.29, 1.82) is 0 Å². The lowest BCUT2D eigenvalue weighted by molar-refractivity contribution is 0.199. The van der Waals surface area contributed by atoms with Crippen LogP contribution in [0.15, 0.2) is 24.3 Å². The van der Waals surface area contributed by atoms with Crippen molar-refractivity contribution in [3.05, 3.63) is 29.3 Å². The van der Waals surface area contributed by atoms with Crippen LogP contribution in [0, 0.1) is 0 Å². The molecule has 1 fully saturated rings. The van der Waals surface area contributed by atoms with E-state index in [0.29, 0.717) is 10.8 Å². The van der Waals surface area contributed by atoms with Gasteiger partial charge in [-0.3, -0.25) is 0 Å². The standard InChI is InChI=1S/C10H10ClNO2S/c11-7-1-3-8(4-2-7)14-9(13)12-10(15)5-6-10/h1-4,15H,5-6H2,(H,12,13). The molecule has 15 heavy (non-hydrogen) atoms. The third-order valence-electron chi connectivity index (χ3n) is 2.08. The van der Waals surface area contributed by atoms with E-state index < -0.39 is 6.09 Å². The molecule has 0 saturated heterocycles. The van der Waals surface area contributed by atoms with Crippen LogP contribution in [0.5, 0.6) is 5.75 Å². The van der Waals surface area contributed by atoms with E-state index in [1.807, 2.05) is 0 Å². The smallest absolute Gasteiger partial charge is 0.410 e. The van der Waals surface area contributed by atoms with Gasteiger partial charge in [0.05, 0.1) is 4.87 Å². The zero-order valence-electron chi connectivity index (χ0n) is 7.87. The van der Waals surface area contributed by atoms with Gasteiger partial charge in [0.15, 0.2) is 0 Å². The first-order chi connectivity index (χ1) is 7.07. The predicted molar refractivity (Wildman–Crippen MR) is 61.6 cm³/mol. The van der Waals surface area contributed by atoms with Gasteiger partial charge in [0.1, 0.15) is 5.75 Å². The Bertz CT molecular complexity index is 376. The summed E-state index contributed by atoms with van der Waals surface area (Å²) >= 11 is 9.95. The molecule has 0 aliphatic heterocycles. The summed E-state index contributed by atoms with van der Waals surface area (Å²) in [5.41, 5.74) is 0. The second-order valence-corrected chi connectivity index (χ2v) is 4.79. The number of hydrogen-bond acceptors (Lipinski definition) is 3. The Balaban J connectivity index is 1.91. The average Bonchev–Trinajstić information content (AvgIpc) is 2.87. The number of hydrogen-bond donors (Lipinski definition) is 2. The Kier molecular flexibility index (Phi) is 2.80. The number of rotatable bonds is 2. The summed E-state index contributed by atoms with van der Waals surface area (Å²) in [7, 11) is 0. The second kappa shape index (κ2) is 3.94. The van der Waals surface area contributed by atoms with Gasteiger partial charge in [-0.05, 0) is 37.1 Å². The van der Waals surface area contributed by atoms with Gasteiger partial charge in [0.2, 0.25) is 0 Å². The van der Waals surface area contributed by atoms with Crippen LogP contribution in [0.2, 0.25) is 5.02 Å². The second-order valence-electron chi connectivity index (χ2n) is 3.50. The SMILES string of the molecule is O=C(NC1(S)CC1)Oc1ccc(Cl)cc1. The molecule has 1 amide bonds. The third-order valence-corrected chi connectivity index (χ3v) is 2.89. The van der Waals surface area contributed by atoms with Gasteiger partial charge in [-0.15, -0.1) is 0 Å². The Morgan fingerprint density at radius 1 is 1.40 bits per heavy atom. The van der Waals surface area contributed by atoms with E-state index in [0.717, 1.165) is 12.8 Å². The van der Waals surface area contributed by atoms with E-state index >= 15 is 0 Å². The van der Waals surface area contributed by atoms with Crippen molar-refractivity contribution in [3.63, 3.8) is 0 Å². The molecule has 5 heteroatoms. The molecule has 0 atom stereocenters. The molecular weight excluding hydrogens is 234 g/mol. The monoisotopic (exact) mass is 243 g/mol. The van der Waals surface area contributed by atoms with Crippen molar-refractivity contribution in [2.75, 3.05) is 0 Å². The molecular formula is C10H10ClNO2S. The van der Waals surface area contributed by atoms with Crippen LogP contribution in [0.1, 0.15) is 12.8 Å². The molecule has 1 saturated carbocycles. The summed E-state index contributed by atoms with van der Waals surface area (Å²) in [5.74, 6) is 0.467. The molecule has 1 aromatic rings. The fraction of sp³-hybridized carbons (Fsp3) is 0.300. The summed E-state index contributed by atoms with van der Waals surface area (Å²) in [6.45, 7) is 0. The molecule has 1 aliphatic carbocycles. The highest BCUT2D eigenvalue weighted by atomic mass is 35.5. The minimum absolute atomic E-state index is 0.358. The number of nitrogens with one attached hydrogen (secondary N) is 1. The van der Waals surface area contributed by atoms with Crippen LogP contribution in [0.4, 0.5) is 4.79 Å². The van der Waals surface area contributed by atoms with Crippen molar-refractivity contribution in [2.24, 2.45) is 0 Å². The number of carbonyl (C=O) groups is 1. The highest BCUT2D eigenvalue weighted by molar-refractivity contribution is 7.82. The molecule has 0 heterocycles. The summed E-state index contributed by atoms with van der Waals surface area (Å²) in [6, 6.07) is 6.61. The molecule has 0 bridgehead atoms. The Morgan fingerprint density at radius 2 is 2.00 bits per heavy atom. The number of amides is 1. The maximum absolute atomic E-state index is 11.3. The number of benzene rings is 1. The Hall–Kier alpha value is -0.870. The fourth-order valence-electron chi connectivity index (χ4n) is 1.07. The molecule has 0 radical (unpaired) electrons. The van der Waals surface area contributed by atoms with Gasteiger partial charge >= 0.3 is 6.09 Å². The first kappa shape index (κ1) is 10.6. The van der Waals surface area contributed by atoms with E-state index in [4.69, 9.17) is 16.3 Å². The van der Waals surface area contributed by atoms with Crippen LogP contribution in [-0.2, 0) is 0 Å². The van der Waals surface area contributed by atoms with Gasteiger partial charge in [0, 0.05) is 5.02 Å². The van der Waals surface area contributed by atoms with Crippen molar-refractivity contribution in [2.45, 2.75) is 17.7 Å². The Morgan fingerprint density at radius 3 is 2.53 bits per heavy atom. The zero-order chi connectivity index (χ0) is 10.9. The van der Waals surface area contributed by atoms with E-state index in [1.54, 1.807) is 24.3 Å². The number of thiol groups is 1. The van der Waals surface area contributed by atoms with E-state index in [1.165, 1.54) is 0 Å². The number of halogens is 1. The zero-order valence-corrected chi connectivity index (χ0v) is 9.52. The molecule has 0 aromatic heterocycles. The summed E-state index contributed by atoms with van der Waals surface area (Å²) in [4.78, 5) is 11.0. The van der Waals surface area contributed by atoms with Crippen LogP contribution >= 0.6 is 24.2 Å². The van der Waals surface area contributed by atoms with E-state index in [9.17, 15) is 4.79 Å². The summed E-state index contributed by atoms with van der Waals surface area (Å²) in [6.07, 6.45) is 1.28. The van der Waals surface area contributed by atoms with Crippen molar-refractivity contribution in [1.82, 2.24) is 5.32 Å². The van der Waals surface area contributed by atoms with Crippen LogP contribution in [-0.4, -0.2) is 11.0 Å². The summed E-state index contributed by atoms with van der Waals surface area (Å²) < 4.78 is 5.03. The minimum Gasteiger partial charge on any atom is -0.410 e. The molecule has 0 spiro atoms. The molecule has 80 valence electrons. The molecule has 1 aromatic carbocycles. The Labute approximate surface area is 98.2 Å². The minimum atomic E-state index is -0.482. The topological polar surface area (TPSA) is 38.3 Å². The van der Waals surface area contributed by atoms with Gasteiger partial charge in [-0.2, -0.15) is 12.6 Å². The van der Waals surface area contributed by atoms with Crippen molar-refractivity contribution >= 4 is 30.3 Å². The quantitative estimate of drug-likeness (QED) is 0.619. The largest absolute Gasteiger partial charge is 0.413 e. The maximum Gasteiger partial charge on any atom is 0.413 e. The van der Waals surface area contributed by atoms with Gasteiger partial charge in [-0.25, -0.2) is 4.79 Å². The fourth-order valence-corrected chi connectivity index (χ4v) is 1.40. The average molecular weight is 244 g/mol. The molecule has 3 nitrogen and oxygen atoms in total. The van der Waals surface area contributed by atoms with Crippen molar-refractivity contribution < 1.29 is 9.53 Å². The molecule has 1 aliphatic rings. The molecule has 0 unspecified atom stereocenters. The highest BCUT2D eigenvalue weighted by Crippen LogP contribution is 2.38. The predicted octanol–water partition coefficient (Wildman–Crippen LogP) is 2.85. The number of ether oxygens (including phenoxy) is 1. The van der Waals surface area contributed by atoms with Gasteiger partial charge in [0.25, 0.3) is 0 Å². The lowest BCUT2D eigenvalue weighted by Gasteiger charge is -2.10. The molecule has 2 rings (SSSR count). The highest BCUT2D eigenvalue weighted by Gasteiger charge is 2.40. The van der Waals surface area contributed by atoms with E-state index in [-0.39, 0.29) is 4.87 Å². The lowest BCUT2D eigenvalue weighted by atomic mass is 10.3. The van der Waals surface area contributed by atoms with Gasteiger partial charge < -0.3 is 10.1 Å². The van der Waals surface area contributed by atoms with Crippen LogP contribution < -0.4 is 10.1 Å². The third kappa shape index (κ3) is 3.04. The van der Waals surface area contributed by atoms with Gasteiger partial charge in [-0.1, -0.05) is 11.6 Å². The van der Waals surface area contributed by atoms with Crippen LogP contribution in [0.3, 0.4) is 0 Å². The van der Waals surface area contributed by atoms with Crippen LogP contribution in [0.25, 0.3) is 0 Å². The van der Waals surface area contributed by atoms with Crippen molar-refractivity contribution in [3.8, 4) is 5.75 Å². The van der Waals surface area contributed by atoms with E-state index in [2.05, 4.69) is 17.9 Å². The first-order valence-electron chi connectivity index (χ1n) is 4.55. The first-order valence-corrected chi connectivity index (χ1v) is 5.38. The maximum atomic E-state index is 11.3. The molecule has 1 N–H and O–H groups in total. The lowest BCUT2D eigenvalue weighted by Crippen LogP contribution is -2.34. The number of carbonyl (C=O) groups excluding carboxylic acids is 1. The normalized spacial score (nSPS) is 16.9. The summed E-state index contributed by atoms with van der Waals surface area (Å²) in [5, 5.41) is 3.27.